The van der Waals surface area contributed by atoms with Crippen LogP contribution in [0.2, 0.25) is 5.02 Å². The third-order valence-corrected chi connectivity index (χ3v) is 4.38. The van der Waals surface area contributed by atoms with Crippen LogP contribution in [0.1, 0.15) is 11.3 Å². The zero-order valence-electron chi connectivity index (χ0n) is 10.1. The van der Waals surface area contributed by atoms with Crippen LogP contribution in [-0.4, -0.2) is 13.6 Å². The van der Waals surface area contributed by atoms with E-state index in [0.29, 0.717) is 16.3 Å². The van der Waals surface area contributed by atoms with Crippen molar-refractivity contribution < 1.29 is 12.9 Å². The molecule has 1 aromatic carbocycles. The van der Waals surface area contributed by atoms with Crippen molar-refractivity contribution in [2.24, 2.45) is 0 Å². The Morgan fingerprint density at radius 3 is 2.84 bits per heavy atom. The van der Waals surface area contributed by atoms with E-state index < -0.39 is 10.0 Å². The fraction of sp³-hybridized carbons (Fsp3) is 0.182. The highest BCUT2D eigenvalue weighted by Gasteiger charge is 2.18. The number of rotatable bonds is 4. The number of hydrogen-bond donors (Lipinski definition) is 2. The Morgan fingerprint density at radius 1 is 1.47 bits per heavy atom. The standard InChI is InChI=1S/C11H12ClN3O3S/c1-7-4-9(12)10(13)5-11(7)19(16,17)15-6-8-2-3-14-18-8/h2-5,15H,6,13H2,1H3. The maximum Gasteiger partial charge on any atom is 0.241 e. The summed E-state index contributed by atoms with van der Waals surface area (Å²) in [4.78, 5) is 0.0916. The van der Waals surface area contributed by atoms with Gasteiger partial charge in [0.2, 0.25) is 10.0 Å². The van der Waals surface area contributed by atoms with Gasteiger partial charge in [-0.05, 0) is 24.6 Å². The lowest BCUT2D eigenvalue weighted by atomic mass is 10.2. The number of nitrogen functional groups attached to an aromatic ring is 1. The van der Waals surface area contributed by atoms with Crippen molar-refractivity contribution >= 4 is 27.3 Å². The molecule has 0 aliphatic rings. The Kier molecular flexibility index (Phi) is 3.79. The molecular weight excluding hydrogens is 290 g/mol. The zero-order valence-corrected chi connectivity index (χ0v) is 11.6. The smallest absolute Gasteiger partial charge is 0.241 e. The molecule has 0 unspecified atom stereocenters. The maximum absolute atomic E-state index is 12.1. The quantitative estimate of drug-likeness (QED) is 0.837. The van der Waals surface area contributed by atoms with E-state index in [1.54, 1.807) is 13.0 Å². The molecule has 19 heavy (non-hydrogen) atoms. The number of benzene rings is 1. The van der Waals surface area contributed by atoms with Gasteiger partial charge in [-0.1, -0.05) is 16.8 Å². The van der Waals surface area contributed by atoms with Gasteiger partial charge < -0.3 is 10.3 Å². The molecule has 1 aromatic heterocycles. The summed E-state index contributed by atoms with van der Waals surface area (Å²) in [5.74, 6) is 0.420. The third-order valence-electron chi connectivity index (χ3n) is 2.51. The molecule has 0 radical (unpaired) electrons. The minimum Gasteiger partial charge on any atom is -0.397 e. The highest BCUT2D eigenvalue weighted by Crippen LogP contribution is 2.26. The molecule has 0 amide bonds. The topological polar surface area (TPSA) is 98.2 Å². The number of aromatic nitrogens is 1. The van der Waals surface area contributed by atoms with E-state index in [4.69, 9.17) is 21.9 Å². The molecule has 0 fully saturated rings. The van der Waals surface area contributed by atoms with Crippen molar-refractivity contribution in [3.8, 4) is 0 Å². The minimum absolute atomic E-state index is 0.0182. The Morgan fingerprint density at radius 2 is 2.21 bits per heavy atom. The first-order valence-corrected chi connectivity index (χ1v) is 7.21. The summed E-state index contributed by atoms with van der Waals surface area (Å²) in [5.41, 5.74) is 6.36. The number of aryl methyl sites for hydroxylation is 1. The van der Waals surface area contributed by atoms with Gasteiger partial charge in [0.05, 0.1) is 28.3 Å². The molecule has 0 saturated carbocycles. The van der Waals surface area contributed by atoms with E-state index >= 15 is 0 Å². The lowest BCUT2D eigenvalue weighted by Gasteiger charge is -2.10. The second-order valence-corrected chi connectivity index (χ2v) is 6.09. The largest absolute Gasteiger partial charge is 0.397 e. The molecule has 3 N–H and O–H groups in total. The number of nitrogens with one attached hydrogen (secondary N) is 1. The normalized spacial score (nSPS) is 11.7. The average Bonchev–Trinajstić information content (AvgIpc) is 2.84. The number of halogens is 1. The fourth-order valence-electron chi connectivity index (χ4n) is 1.54. The predicted molar refractivity (Wildman–Crippen MR) is 71.1 cm³/mol. The summed E-state index contributed by atoms with van der Waals surface area (Å²) < 4.78 is 31.5. The molecule has 102 valence electrons. The van der Waals surface area contributed by atoms with Crippen molar-refractivity contribution in [2.45, 2.75) is 18.4 Å². The van der Waals surface area contributed by atoms with Crippen LogP contribution in [0.15, 0.2) is 33.8 Å². The van der Waals surface area contributed by atoms with Crippen LogP contribution in [0.25, 0.3) is 0 Å². The number of nitrogens with two attached hydrogens (primary N) is 1. The maximum atomic E-state index is 12.1. The van der Waals surface area contributed by atoms with Gasteiger partial charge in [-0.2, -0.15) is 0 Å². The first kappa shape index (κ1) is 13.9. The molecule has 0 aliphatic carbocycles. The Balaban J connectivity index is 2.27. The lowest BCUT2D eigenvalue weighted by molar-refractivity contribution is 0.380. The molecule has 2 aromatic rings. The second-order valence-electron chi connectivity index (χ2n) is 3.94. The second kappa shape index (κ2) is 5.20. The Labute approximate surface area is 115 Å². The van der Waals surface area contributed by atoms with Crippen LogP contribution >= 0.6 is 11.6 Å². The minimum atomic E-state index is -3.68. The van der Waals surface area contributed by atoms with Crippen LogP contribution in [0.3, 0.4) is 0 Å². The highest BCUT2D eigenvalue weighted by molar-refractivity contribution is 7.89. The molecule has 0 spiro atoms. The summed E-state index contributed by atoms with van der Waals surface area (Å²) in [6.07, 6.45) is 1.44. The van der Waals surface area contributed by atoms with Crippen molar-refractivity contribution in [3.63, 3.8) is 0 Å². The Bertz CT molecular complexity index is 683. The van der Waals surface area contributed by atoms with Crippen LogP contribution in [0.4, 0.5) is 5.69 Å². The van der Waals surface area contributed by atoms with Crippen molar-refractivity contribution in [1.82, 2.24) is 9.88 Å². The summed E-state index contributed by atoms with van der Waals surface area (Å²) in [6.45, 7) is 1.67. The summed E-state index contributed by atoms with van der Waals surface area (Å²) in [7, 11) is -3.68. The fourth-order valence-corrected chi connectivity index (χ4v) is 3.01. The summed E-state index contributed by atoms with van der Waals surface area (Å²) in [6, 6.07) is 4.42. The van der Waals surface area contributed by atoms with Gasteiger partial charge in [0.15, 0.2) is 5.76 Å². The monoisotopic (exact) mass is 301 g/mol. The van der Waals surface area contributed by atoms with Gasteiger partial charge >= 0.3 is 0 Å². The van der Waals surface area contributed by atoms with Gasteiger partial charge in [0.25, 0.3) is 0 Å². The molecule has 6 nitrogen and oxygen atoms in total. The van der Waals surface area contributed by atoms with Gasteiger partial charge in [0.1, 0.15) is 0 Å². The highest BCUT2D eigenvalue weighted by atomic mass is 35.5. The first-order valence-electron chi connectivity index (χ1n) is 5.35. The van der Waals surface area contributed by atoms with Crippen molar-refractivity contribution in [2.75, 3.05) is 5.73 Å². The van der Waals surface area contributed by atoms with Gasteiger partial charge in [-0.15, -0.1) is 0 Å². The SMILES string of the molecule is Cc1cc(Cl)c(N)cc1S(=O)(=O)NCc1ccno1. The lowest BCUT2D eigenvalue weighted by Crippen LogP contribution is -2.24. The first-order chi connectivity index (χ1) is 8.90. The van der Waals surface area contributed by atoms with Crippen LogP contribution in [-0.2, 0) is 16.6 Å². The predicted octanol–water partition coefficient (Wildman–Crippen LogP) is 1.70. The Hall–Kier alpha value is -1.57. The molecule has 2 rings (SSSR count). The van der Waals surface area contributed by atoms with Gasteiger partial charge in [-0.3, -0.25) is 0 Å². The van der Waals surface area contributed by atoms with Gasteiger partial charge in [-0.25, -0.2) is 13.1 Å². The van der Waals surface area contributed by atoms with Crippen LogP contribution < -0.4 is 10.5 Å². The average molecular weight is 302 g/mol. The number of sulfonamides is 1. The molecule has 1 heterocycles. The van der Waals surface area contributed by atoms with E-state index in [2.05, 4.69) is 9.88 Å². The van der Waals surface area contributed by atoms with Crippen LogP contribution in [0.5, 0.6) is 0 Å². The summed E-state index contributed by atoms with van der Waals surface area (Å²) >= 11 is 5.83. The number of nitrogens with zero attached hydrogens (tertiary/aromatic N) is 1. The van der Waals surface area contributed by atoms with E-state index in [-0.39, 0.29) is 17.1 Å². The molecule has 8 heteroatoms. The summed E-state index contributed by atoms with van der Waals surface area (Å²) in [5, 5.41) is 3.82. The van der Waals surface area contributed by atoms with Crippen molar-refractivity contribution in [1.29, 1.82) is 0 Å². The van der Waals surface area contributed by atoms with Gasteiger partial charge in [0, 0.05) is 6.07 Å². The number of hydrogen-bond acceptors (Lipinski definition) is 5. The molecule has 0 bridgehead atoms. The van der Waals surface area contributed by atoms with E-state index in [1.807, 2.05) is 0 Å². The van der Waals surface area contributed by atoms with E-state index in [9.17, 15) is 8.42 Å². The third kappa shape index (κ3) is 3.06. The molecule has 0 aliphatic heterocycles. The van der Waals surface area contributed by atoms with E-state index in [0.717, 1.165) is 0 Å². The molecule has 0 atom stereocenters. The van der Waals surface area contributed by atoms with E-state index in [1.165, 1.54) is 18.3 Å². The van der Waals surface area contributed by atoms with Crippen molar-refractivity contribution in [3.05, 3.63) is 40.7 Å². The zero-order chi connectivity index (χ0) is 14.0. The number of anilines is 1. The van der Waals surface area contributed by atoms with Crippen LogP contribution in [0, 0.1) is 6.92 Å². The molecule has 0 saturated heterocycles. The molecular formula is C11H12ClN3O3S.